The summed E-state index contributed by atoms with van der Waals surface area (Å²) >= 11 is 0. The maximum atomic E-state index is 11.0. The lowest BCUT2D eigenvalue weighted by molar-refractivity contribution is 0.683. The first-order chi connectivity index (χ1) is 7.11. The molecule has 1 heterocycles. The standard InChI is InChI=1S/C10H17N3OS/c1-8(7-15(3)14)13-9-4-5-12-10(6-9)11-2/h4-6,8H,7H2,1-3H3,(H2,11,12,13). The van der Waals surface area contributed by atoms with Gasteiger partial charge >= 0.3 is 0 Å². The van der Waals surface area contributed by atoms with Gasteiger partial charge in [0.25, 0.3) is 0 Å². The van der Waals surface area contributed by atoms with E-state index in [0.717, 1.165) is 11.5 Å². The topological polar surface area (TPSA) is 54.0 Å². The van der Waals surface area contributed by atoms with Gasteiger partial charge in [0.1, 0.15) is 5.82 Å². The van der Waals surface area contributed by atoms with Crippen LogP contribution in [0, 0.1) is 0 Å². The smallest absolute Gasteiger partial charge is 0.127 e. The Hall–Kier alpha value is -1.10. The van der Waals surface area contributed by atoms with Crippen molar-refractivity contribution in [1.29, 1.82) is 0 Å². The molecule has 5 heteroatoms. The molecule has 0 radical (unpaired) electrons. The van der Waals surface area contributed by atoms with Crippen LogP contribution in [0.3, 0.4) is 0 Å². The maximum Gasteiger partial charge on any atom is 0.127 e. The molecule has 1 aromatic rings. The number of anilines is 2. The van der Waals surface area contributed by atoms with Crippen molar-refractivity contribution in [2.24, 2.45) is 0 Å². The quantitative estimate of drug-likeness (QED) is 0.796. The molecular formula is C10H17N3OS. The Morgan fingerprint density at radius 3 is 2.93 bits per heavy atom. The Bertz CT molecular complexity index is 343. The highest BCUT2D eigenvalue weighted by Crippen LogP contribution is 2.12. The molecule has 2 atom stereocenters. The van der Waals surface area contributed by atoms with Crippen LogP contribution in [0.15, 0.2) is 18.3 Å². The van der Waals surface area contributed by atoms with Crippen molar-refractivity contribution in [3.63, 3.8) is 0 Å². The van der Waals surface area contributed by atoms with Gasteiger partial charge in [-0.15, -0.1) is 0 Å². The van der Waals surface area contributed by atoms with Crippen LogP contribution in [-0.2, 0) is 10.8 Å². The lowest BCUT2D eigenvalue weighted by atomic mass is 10.3. The van der Waals surface area contributed by atoms with Gasteiger partial charge in [-0.3, -0.25) is 4.21 Å². The molecular weight excluding hydrogens is 210 g/mol. The second-order valence-corrected chi connectivity index (χ2v) is 4.94. The van der Waals surface area contributed by atoms with E-state index >= 15 is 0 Å². The molecule has 0 aliphatic rings. The van der Waals surface area contributed by atoms with Crippen LogP contribution in [0.1, 0.15) is 6.92 Å². The van der Waals surface area contributed by atoms with Crippen LogP contribution in [0.5, 0.6) is 0 Å². The number of aromatic nitrogens is 1. The summed E-state index contributed by atoms with van der Waals surface area (Å²) in [5, 5.41) is 6.25. The highest BCUT2D eigenvalue weighted by molar-refractivity contribution is 7.84. The molecule has 0 saturated carbocycles. The zero-order valence-electron chi connectivity index (χ0n) is 9.28. The molecule has 15 heavy (non-hydrogen) atoms. The minimum atomic E-state index is -0.770. The predicted octanol–water partition coefficient (Wildman–Crippen LogP) is 1.30. The Labute approximate surface area is 92.9 Å². The molecule has 0 saturated heterocycles. The Morgan fingerprint density at radius 2 is 2.33 bits per heavy atom. The molecule has 2 N–H and O–H groups in total. The van der Waals surface area contributed by atoms with Gasteiger partial charge in [0.2, 0.25) is 0 Å². The van der Waals surface area contributed by atoms with Gasteiger partial charge in [0, 0.05) is 53.8 Å². The van der Waals surface area contributed by atoms with Crippen molar-refractivity contribution >= 4 is 22.3 Å². The van der Waals surface area contributed by atoms with E-state index in [1.807, 2.05) is 26.1 Å². The van der Waals surface area contributed by atoms with Crippen molar-refractivity contribution < 1.29 is 4.21 Å². The van der Waals surface area contributed by atoms with Gasteiger partial charge < -0.3 is 10.6 Å². The third-order valence-electron chi connectivity index (χ3n) is 1.91. The normalized spacial score (nSPS) is 14.3. The summed E-state index contributed by atoms with van der Waals surface area (Å²) in [5.41, 5.74) is 0.993. The summed E-state index contributed by atoms with van der Waals surface area (Å²) in [4.78, 5) is 4.12. The van der Waals surface area contributed by atoms with Crippen molar-refractivity contribution in [2.45, 2.75) is 13.0 Å². The molecule has 0 amide bonds. The van der Waals surface area contributed by atoms with Crippen LogP contribution in [-0.4, -0.2) is 34.3 Å². The van der Waals surface area contributed by atoms with Gasteiger partial charge in [-0.05, 0) is 13.0 Å². The number of nitrogens with one attached hydrogen (secondary N) is 2. The largest absolute Gasteiger partial charge is 0.382 e. The number of hydrogen-bond acceptors (Lipinski definition) is 4. The fourth-order valence-electron chi connectivity index (χ4n) is 1.34. The fraction of sp³-hybridized carbons (Fsp3) is 0.500. The van der Waals surface area contributed by atoms with E-state index in [1.54, 1.807) is 12.5 Å². The minimum Gasteiger partial charge on any atom is -0.382 e. The predicted molar refractivity (Wildman–Crippen MR) is 65.8 cm³/mol. The average Bonchev–Trinajstić information content (AvgIpc) is 2.16. The van der Waals surface area contributed by atoms with Gasteiger partial charge in [0.05, 0.1) is 0 Å². The number of nitrogens with zero attached hydrogens (tertiary/aromatic N) is 1. The van der Waals surface area contributed by atoms with Gasteiger partial charge in [0.15, 0.2) is 0 Å². The lowest BCUT2D eigenvalue weighted by Crippen LogP contribution is -2.22. The van der Waals surface area contributed by atoms with Crippen LogP contribution in [0.4, 0.5) is 11.5 Å². The Balaban J connectivity index is 2.59. The van der Waals surface area contributed by atoms with E-state index in [4.69, 9.17) is 0 Å². The zero-order valence-corrected chi connectivity index (χ0v) is 10.1. The molecule has 1 aromatic heterocycles. The highest BCUT2D eigenvalue weighted by atomic mass is 32.2. The van der Waals surface area contributed by atoms with E-state index in [2.05, 4.69) is 15.6 Å². The van der Waals surface area contributed by atoms with E-state index in [-0.39, 0.29) is 6.04 Å². The summed E-state index contributed by atoms with van der Waals surface area (Å²) in [5.74, 6) is 1.47. The van der Waals surface area contributed by atoms with Crippen molar-refractivity contribution in [3.05, 3.63) is 18.3 Å². The summed E-state index contributed by atoms with van der Waals surface area (Å²) in [7, 11) is 1.06. The first kappa shape index (κ1) is 12.0. The van der Waals surface area contributed by atoms with Gasteiger partial charge in [-0.25, -0.2) is 4.98 Å². The summed E-state index contributed by atoms with van der Waals surface area (Å²) in [6, 6.07) is 4.02. The van der Waals surface area contributed by atoms with Crippen molar-refractivity contribution in [2.75, 3.05) is 29.7 Å². The van der Waals surface area contributed by atoms with Gasteiger partial charge in [-0.2, -0.15) is 0 Å². The number of rotatable bonds is 5. The molecule has 0 fully saturated rings. The first-order valence-corrected chi connectivity index (χ1v) is 6.55. The molecule has 0 aliphatic heterocycles. The summed E-state index contributed by atoms with van der Waals surface area (Å²) in [6.45, 7) is 2.01. The number of hydrogen-bond donors (Lipinski definition) is 2. The average molecular weight is 227 g/mol. The summed E-state index contributed by atoms with van der Waals surface area (Å²) < 4.78 is 11.0. The van der Waals surface area contributed by atoms with E-state index < -0.39 is 10.8 Å². The SMILES string of the molecule is CNc1cc(NC(C)CS(C)=O)ccn1. The maximum absolute atomic E-state index is 11.0. The van der Waals surface area contributed by atoms with E-state index in [0.29, 0.717) is 5.75 Å². The second kappa shape index (κ2) is 5.70. The molecule has 1 rings (SSSR count). The Morgan fingerprint density at radius 1 is 1.60 bits per heavy atom. The van der Waals surface area contributed by atoms with Crippen LogP contribution in [0.25, 0.3) is 0 Å². The minimum absolute atomic E-state index is 0.197. The van der Waals surface area contributed by atoms with Crippen molar-refractivity contribution in [1.82, 2.24) is 4.98 Å². The molecule has 84 valence electrons. The molecule has 4 nitrogen and oxygen atoms in total. The molecule has 0 spiro atoms. The van der Waals surface area contributed by atoms with E-state index in [1.165, 1.54) is 0 Å². The first-order valence-electron chi connectivity index (χ1n) is 4.82. The van der Waals surface area contributed by atoms with Gasteiger partial charge in [-0.1, -0.05) is 0 Å². The van der Waals surface area contributed by atoms with E-state index in [9.17, 15) is 4.21 Å². The number of pyridine rings is 1. The third kappa shape index (κ3) is 4.29. The van der Waals surface area contributed by atoms with Crippen LogP contribution in [0.2, 0.25) is 0 Å². The molecule has 2 unspecified atom stereocenters. The van der Waals surface area contributed by atoms with Crippen LogP contribution < -0.4 is 10.6 Å². The third-order valence-corrected chi connectivity index (χ3v) is 2.88. The fourth-order valence-corrected chi connectivity index (χ4v) is 2.12. The highest BCUT2D eigenvalue weighted by Gasteiger charge is 2.04. The monoisotopic (exact) mass is 227 g/mol. The molecule has 0 bridgehead atoms. The summed E-state index contributed by atoms with van der Waals surface area (Å²) in [6.07, 6.45) is 3.45. The second-order valence-electron chi connectivity index (χ2n) is 3.47. The molecule has 0 aliphatic carbocycles. The Kier molecular flexibility index (Phi) is 4.55. The molecule has 0 aromatic carbocycles. The van der Waals surface area contributed by atoms with Crippen molar-refractivity contribution in [3.8, 4) is 0 Å². The zero-order chi connectivity index (χ0) is 11.3. The lowest BCUT2D eigenvalue weighted by Gasteiger charge is -2.14. The van der Waals surface area contributed by atoms with Crippen LogP contribution >= 0.6 is 0 Å².